The van der Waals surface area contributed by atoms with Crippen molar-refractivity contribution in [3.8, 4) is 0 Å². The molecule has 1 N–H and O–H groups in total. The molecule has 0 aromatic rings. The number of amides is 2. The molecule has 0 aromatic heterocycles. The van der Waals surface area contributed by atoms with Gasteiger partial charge in [0.15, 0.2) is 0 Å². The van der Waals surface area contributed by atoms with Gasteiger partial charge in [-0.2, -0.15) is 0 Å². The first-order chi connectivity index (χ1) is 8.83. The Morgan fingerprint density at radius 2 is 2.05 bits per heavy atom. The molecule has 2 aliphatic rings. The third-order valence-corrected chi connectivity index (χ3v) is 4.31. The van der Waals surface area contributed by atoms with Crippen LogP contribution in [-0.2, 0) is 14.4 Å². The van der Waals surface area contributed by atoms with Crippen LogP contribution in [0.1, 0.15) is 26.2 Å². The van der Waals surface area contributed by atoms with E-state index < -0.39 is 11.4 Å². The van der Waals surface area contributed by atoms with Gasteiger partial charge in [-0.15, -0.1) is 0 Å². The molecule has 2 rings (SSSR count). The minimum atomic E-state index is -0.859. The summed E-state index contributed by atoms with van der Waals surface area (Å²) in [6.07, 6.45) is 1.39. The molecule has 2 amide bonds. The summed E-state index contributed by atoms with van der Waals surface area (Å²) in [7, 11) is 1.74. The molecular formula is C13H20N2O4. The first kappa shape index (κ1) is 13.8. The molecule has 2 aliphatic heterocycles. The van der Waals surface area contributed by atoms with E-state index in [9.17, 15) is 14.4 Å². The second-order valence-corrected chi connectivity index (χ2v) is 5.88. The summed E-state index contributed by atoms with van der Waals surface area (Å²) in [4.78, 5) is 38.4. The summed E-state index contributed by atoms with van der Waals surface area (Å²) in [5, 5.41) is 9.16. The third kappa shape index (κ3) is 2.57. The highest BCUT2D eigenvalue weighted by atomic mass is 16.4. The molecule has 106 valence electrons. The van der Waals surface area contributed by atoms with Crippen LogP contribution >= 0.6 is 0 Å². The number of piperidine rings is 1. The lowest BCUT2D eigenvalue weighted by Gasteiger charge is -2.31. The molecule has 0 saturated carbocycles. The number of nitrogens with zero attached hydrogens (tertiary/aromatic N) is 2. The van der Waals surface area contributed by atoms with Gasteiger partial charge in [0.25, 0.3) is 0 Å². The van der Waals surface area contributed by atoms with Crippen LogP contribution in [0.2, 0.25) is 0 Å². The zero-order chi connectivity index (χ0) is 14.2. The molecule has 0 unspecified atom stereocenters. The fourth-order valence-electron chi connectivity index (χ4n) is 2.74. The molecule has 2 heterocycles. The van der Waals surface area contributed by atoms with Crippen molar-refractivity contribution in [3.63, 3.8) is 0 Å². The number of carboxylic acids is 1. The van der Waals surface area contributed by atoms with Crippen LogP contribution in [0.15, 0.2) is 0 Å². The van der Waals surface area contributed by atoms with Gasteiger partial charge in [-0.3, -0.25) is 14.4 Å². The van der Waals surface area contributed by atoms with E-state index in [2.05, 4.69) is 0 Å². The molecule has 19 heavy (non-hydrogen) atoms. The van der Waals surface area contributed by atoms with Crippen molar-refractivity contribution in [2.45, 2.75) is 26.2 Å². The Morgan fingerprint density at radius 1 is 1.37 bits per heavy atom. The zero-order valence-electron chi connectivity index (χ0n) is 11.4. The summed E-state index contributed by atoms with van der Waals surface area (Å²) < 4.78 is 0. The lowest BCUT2D eigenvalue weighted by atomic mass is 9.90. The van der Waals surface area contributed by atoms with Crippen molar-refractivity contribution in [2.75, 3.05) is 26.7 Å². The Labute approximate surface area is 112 Å². The monoisotopic (exact) mass is 268 g/mol. The molecule has 0 aromatic carbocycles. The van der Waals surface area contributed by atoms with Gasteiger partial charge in [0.05, 0.1) is 5.41 Å². The average molecular weight is 268 g/mol. The fourth-order valence-corrected chi connectivity index (χ4v) is 2.74. The lowest BCUT2D eigenvalue weighted by Crippen LogP contribution is -2.44. The van der Waals surface area contributed by atoms with Crippen molar-refractivity contribution in [2.24, 2.45) is 11.3 Å². The second-order valence-electron chi connectivity index (χ2n) is 5.88. The van der Waals surface area contributed by atoms with Gasteiger partial charge in [-0.25, -0.2) is 0 Å². The number of carboxylic acid groups (broad SMARTS) is 1. The Kier molecular flexibility index (Phi) is 3.52. The SMILES string of the molecule is CN1CC[C@@H](C(=O)N2CC[C@](C)(C(=O)O)C2)CC1=O. The maximum Gasteiger partial charge on any atom is 0.311 e. The van der Waals surface area contributed by atoms with E-state index in [4.69, 9.17) is 5.11 Å². The molecule has 0 radical (unpaired) electrons. The Bertz CT molecular complexity index is 423. The summed E-state index contributed by atoms with van der Waals surface area (Å²) in [5.74, 6) is -1.21. The molecule has 6 nitrogen and oxygen atoms in total. The Balaban J connectivity index is 1.98. The number of hydrogen-bond donors (Lipinski definition) is 1. The van der Waals surface area contributed by atoms with Crippen LogP contribution in [0.3, 0.4) is 0 Å². The molecule has 2 saturated heterocycles. The van der Waals surface area contributed by atoms with Gasteiger partial charge in [0.2, 0.25) is 11.8 Å². The number of likely N-dealkylation sites (tertiary alicyclic amines) is 2. The van der Waals surface area contributed by atoms with Gasteiger partial charge >= 0.3 is 5.97 Å². The number of carbonyl (C=O) groups is 3. The van der Waals surface area contributed by atoms with Crippen LogP contribution in [0.5, 0.6) is 0 Å². The molecular weight excluding hydrogens is 248 g/mol. The topological polar surface area (TPSA) is 77.9 Å². The normalized spacial score (nSPS) is 31.7. The molecule has 0 spiro atoms. The van der Waals surface area contributed by atoms with Gasteiger partial charge in [-0.1, -0.05) is 0 Å². The Morgan fingerprint density at radius 3 is 2.58 bits per heavy atom. The third-order valence-electron chi connectivity index (χ3n) is 4.31. The fraction of sp³-hybridized carbons (Fsp3) is 0.769. The van der Waals surface area contributed by atoms with E-state index in [1.807, 2.05) is 0 Å². The van der Waals surface area contributed by atoms with E-state index in [-0.39, 0.29) is 30.7 Å². The van der Waals surface area contributed by atoms with Gasteiger partial charge in [-0.05, 0) is 19.8 Å². The Hall–Kier alpha value is -1.59. The highest BCUT2D eigenvalue weighted by Gasteiger charge is 2.44. The number of carbonyl (C=O) groups excluding carboxylic acids is 2. The van der Waals surface area contributed by atoms with E-state index >= 15 is 0 Å². The molecule has 2 fully saturated rings. The van der Waals surface area contributed by atoms with Crippen molar-refractivity contribution in [1.29, 1.82) is 0 Å². The maximum atomic E-state index is 12.3. The highest BCUT2D eigenvalue weighted by Crippen LogP contribution is 2.32. The minimum absolute atomic E-state index is 0.00945. The largest absolute Gasteiger partial charge is 0.481 e. The van der Waals surface area contributed by atoms with Crippen LogP contribution in [-0.4, -0.2) is 59.4 Å². The van der Waals surface area contributed by atoms with E-state index in [0.29, 0.717) is 25.9 Å². The molecule has 2 atom stereocenters. The summed E-state index contributed by atoms with van der Waals surface area (Å²) >= 11 is 0. The van der Waals surface area contributed by atoms with E-state index in [1.54, 1.807) is 23.8 Å². The smallest absolute Gasteiger partial charge is 0.311 e. The van der Waals surface area contributed by atoms with E-state index in [1.165, 1.54) is 0 Å². The van der Waals surface area contributed by atoms with Crippen LogP contribution in [0.4, 0.5) is 0 Å². The van der Waals surface area contributed by atoms with Crippen molar-refractivity contribution in [3.05, 3.63) is 0 Å². The number of aliphatic carboxylic acids is 1. The van der Waals surface area contributed by atoms with Crippen LogP contribution < -0.4 is 0 Å². The van der Waals surface area contributed by atoms with Crippen molar-refractivity contribution >= 4 is 17.8 Å². The van der Waals surface area contributed by atoms with E-state index in [0.717, 1.165) is 0 Å². The number of hydrogen-bond acceptors (Lipinski definition) is 3. The van der Waals surface area contributed by atoms with Crippen molar-refractivity contribution < 1.29 is 19.5 Å². The number of rotatable bonds is 2. The summed E-state index contributed by atoms with van der Waals surface area (Å²) in [5.41, 5.74) is -0.842. The molecule has 0 aliphatic carbocycles. The minimum Gasteiger partial charge on any atom is -0.481 e. The zero-order valence-corrected chi connectivity index (χ0v) is 11.4. The predicted molar refractivity (Wildman–Crippen MR) is 67.3 cm³/mol. The van der Waals surface area contributed by atoms with Crippen LogP contribution in [0.25, 0.3) is 0 Å². The lowest BCUT2D eigenvalue weighted by molar-refractivity contribution is -0.148. The highest BCUT2D eigenvalue weighted by molar-refractivity contribution is 5.87. The second kappa shape index (κ2) is 4.83. The predicted octanol–water partition coefficient (Wildman–Crippen LogP) is 0.178. The summed E-state index contributed by atoms with van der Waals surface area (Å²) in [6, 6.07) is 0. The quantitative estimate of drug-likeness (QED) is 0.775. The van der Waals surface area contributed by atoms with Crippen LogP contribution in [0, 0.1) is 11.3 Å². The molecule has 6 heteroatoms. The van der Waals surface area contributed by atoms with Gasteiger partial charge in [0, 0.05) is 39.0 Å². The first-order valence-electron chi connectivity index (χ1n) is 6.59. The average Bonchev–Trinajstić information content (AvgIpc) is 2.76. The molecule has 0 bridgehead atoms. The van der Waals surface area contributed by atoms with Gasteiger partial charge in [0.1, 0.15) is 0 Å². The summed E-state index contributed by atoms with van der Waals surface area (Å²) in [6.45, 7) is 2.99. The van der Waals surface area contributed by atoms with Crippen molar-refractivity contribution in [1.82, 2.24) is 9.80 Å². The first-order valence-corrected chi connectivity index (χ1v) is 6.59. The maximum absolute atomic E-state index is 12.3. The standard InChI is InChI=1S/C13H20N2O4/c1-13(12(18)19)4-6-15(8-13)11(17)9-3-5-14(2)10(16)7-9/h9H,3-8H2,1-2H3,(H,18,19)/t9-,13+/m1/s1. The van der Waals surface area contributed by atoms with Gasteiger partial charge < -0.3 is 14.9 Å².